The van der Waals surface area contributed by atoms with Crippen LogP contribution in [0.25, 0.3) is 0 Å². The van der Waals surface area contributed by atoms with Crippen molar-refractivity contribution >= 4 is 10.0 Å². The number of hydrogen-bond acceptors (Lipinski definition) is 4. The van der Waals surface area contributed by atoms with E-state index in [1.807, 2.05) is 10.7 Å². The molecule has 2 rings (SSSR count). The number of hydrogen-bond donors (Lipinski definition) is 1. The SMILES string of the molecule is CC(C)N1Cc2ccnn2C(CNS(C)(=O)=O)C1. The van der Waals surface area contributed by atoms with Crippen molar-refractivity contribution in [3.63, 3.8) is 0 Å². The molecule has 0 amide bonds. The van der Waals surface area contributed by atoms with E-state index >= 15 is 0 Å². The van der Waals surface area contributed by atoms with Gasteiger partial charge in [0.15, 0.2) is 0 Å². The summed E-state index contributed by atoms with van der Waals surface area (Å²) in [5, 5.41) is 4.29. The standard InChI is InChI=1S/C11H20N4O2S/c1-9(2)14-7-10-4-5-12-15(10)11(8-14)6-13-18(3,16)17/h4-5,9,11,13H,6-8H2,1-3H3. The summed E-state index contributed by atoms with van der Waals surface area (Å²) < 4.78 is 26.9. The van der Waals surface area contributed by atoms with E-state index in [1.165, 1.54) is 6.26 Å². The maximum Gasteiger partial charge on any atom is 0.208 e. The molecule has 0 fully saturated rings. The summed E-state index contributed by atoms with van der Waals surface area (Å²) in [5.74, 6) is 0. The monoisotopic (exact) mass is 272 g/mol. The molecule has 1 N–H and O–H groups in total. The summed E-state index contributed by atoms with van der Waals surface area (Å²) in [6, 6.07) is 2.48. The Balaban J connectivity index is 2.14. The maximum absolute atomic E-state index is 11.2. The van der Waals surface area contributed by atoms with Crippen molar-refractivity contribution in [2.45, 2.75) is 32.5 Å². The highest BCUT2D eigenvalue weighted by atomic mass is 32.2. The highest BCUT2D eigenvalue weighted by Crippen LogP contribution is 2.21. The lowest BCUT2D eigenvalue weighted by atomic mass is 10.1. The van der Waals surface area contributed by atoms with Crippen molar-refractivity contribution < 1.29 is 8.42 Å². The molecular weight excluding hydrogens is 252 g/mol. The molecule has 1 unspecified atom stereocenters. The molecule has 0 saturated heterocycles. The lowest BCUT2D eigenvalue weighted by Crippen LogP contribution is -2.45. The summed E-state index contributed by atoms with van der Waals surface area (Å²) in [5.41, 5.74) is 1.13. The molecule has 1 aliphatic rings. The number of rotatable bonds is 4. The number of aromatic nitrogens is 2. The maximum atomic E-state index is 11.2. The van der Waals surface area contributed by atoms with E-state index in [2.05, 4.69) is 28.6 Å². The number of fused-ring (bicyclic) bond motifs is 1. The Labute approximate surface area is 108 Å². The molecule has 1 atom stereocenters. The van der Waals surface area contributed by atoms with Gasteiger partial charge >= 0.3 is 0 Å². The van der Waals surface area contributed by atoms with Gasteiger partial charge in [-0.2, -0.15) is 5.10 Å². The Bertz CT molecular complexity index is 509. The smallest absolute Gasteiger partial charge is 0.208 e. The summed E-state index contributed by atoms with van der Waals surface area (Å²) in [6.07, 6.45) is 2.95. The van der Waals surface area contributed by atoms with Gasteiger partial charge in [0.05, 0.1) is 18.0 Å². The van der Waals surface area contributed by atoms with Crippen molar-refractivity contribution in [1.29, 1.82) is 0 Å². The average Bonchev–Trinajstić information content (AvgIpc) is 2.72. The molecular formula is C11H20N4O2S. The first-order chi connectivity index (χ1) is 8.37. The second-order valence-electron chi connectivity index (χ2n) is 5.06. The molecule has 0 aromatic carbocycles. The molecule has 1 aromatic rings. The van der Waals surface area contributed by atoms with Gasteiger partial charge in [-0.05, 0) is 19.9 Å². The molecule has 0 aliphatic carbocycles. The largest absolute Gasteiger partial charge is 0.293 e. The Morgan fingerprint density at radius 3 is 2.89 bits per heavy atom. The van der Waals surface area contributed by atoms with Crippen molar-refractivity contribution in [2.24, 2.45) is 0 Å². The summed E-state index contributed by atoms with van der Waals surface area (Å²) in [7, 11) is -3.16. The van der Waals surface area contributed by atoms with E-state index in [-0.39, 0.29) is 6.04 Å². The molecule has 0 saturated carbocycles. The van der Waals surface area contributed by atoms with Crippen LogP contribution in [0.4, 0.5) is 0 Å². The van der Waals surface area contributed by atoms with E-state index in [9.17, 15) is 8.42 Å². The van der Waals surface area contributed by atoms with Crippen LogP contribution in [-0.4, -0.2) is 48.5 Å². The summed E-state index contributed by atoms with van der Waals surface area (Å²) in [6.45, 7) is 6.36. The van der Waals surface area contributed by atoms with Crippen molar-refractivity contribution in [1.82, 2.24) is 19.4 Å². The van der Waals surface area contributed by atoms with Crippen LogP contribution < -0.4 is 4.72 Å². The topological polar surface area (TPSA) is 67.2 Å². The Hall–Kier alpha value is -0.920. The first kappa shape index (κ1) is 13.5. The second kappa shape index (κ2) is 4.99. The van der Waals surface area contributed by atoms with Crippen LogP contribution in [-0.2, 0) is 16.6 Å². The van der Waals surface area contributed by atoms with Gasteiger partial charge in [0.2, 0.25) is 10.0 Å². The van der Waals surface area contributed by atoms with Gasteiger partial charge in [0.25, 0.3) is 0 Å². The van der Waals surface area contributed by atoms with Crippen LogP contribution >= 0.6 is 0 Å². The van der Waals surface area contributed by atoms with Crippen molar-refractivity contribution in [3.8, 4) is 0 Å². The van der Waals surface area contributed by atoms with Crippen molar-refractivity contribution in [2.75, 3.05) is 19.3 Å². The minimum Gasteiger partial charge on any atom is -0.293 e. The van der Waals surface area contributed by atoms with Gasteiger partial charge in [-0.3, -0.25) is 9.58 Å². The third kappa shape index (κ3) is 3.09. The summed E-state index contributed by atoms with van der Waals surface area (Å²) in [4.78, 5) is 2.33. The Kier molecular flexibility index (Phi) is 3.74. The van der Waals surface area contributed by atoms with E-state index < -0.39 is 10.0 Å². The molecule has 2 heterocycles. The fraction of sp³-hybridized carbons (Fsp3) is 0.727. The molecule has 6 nitrogen and oxygen atoms in total. The van der Waals surface area contributed by atoms with Crippen LogP contribution in [0.3, 0.4) is 0 Å². The third-order valence-electron chi connectivity index (χ3n) is 3.22. The van der Waals surface area contributed by atoms with Gasteiger partial charge in [-0.25, -0.2) is 13.1 Å². The fourth-order valence-electron chi connectivity index (χ4n) is 2.21. The Morgan fingerprint density at radius 2 is 2.28 bits per heavy atom. The van der Waals surface area contributed by atoms with E-state index in [0.717, 1.165) is 18.8 Å². The molecule has 1 aromatic heterocycles. The molecule has 102 valence electrons. The van der Waals surface area contributed by atoms with E-state index in [1.54, 1.807) is 6.20 Å². The number of sulfonamides is 1. The fourth-order valence-corrected chi connectivity index (χ4v) is 2.70. The number of nitrogens with zero attached hydrogens (tertiary/aromatic N) is 3. The molecule has 7 heteroatoms. The molecule has 1 aliphatic heterocycles. The van der Waals surface area contributed by atoms with Crippen LogP contribution in [0, 0.1) is 0 Å². The first-order valence-electron chi connectivity index (χ1n) is 6.08. The lowest BCUT2D eigenvalue weighted by Gasteiger charge is -2.36. The normalized spacial score (nSPS) is 21.2. The number of nitrogens with one attached hydrogen (secondary N) is 1. The van der Waals surface area contributed by atoms with Gasteiger partial charge in [-0.1, -0.05) is 0 Å². The van der Waals surface area contributed by atoms with E-state index in [0.29, 0.717) is 12.6 Å². The highest BCUT2D eigenvalue weighted by Gasteiger charge is 2.27. The minimum atomic E-state index is -3.16. The quantitative estimate of drug-likeness (QED) is 0.850. The second-order valence-corrected chi connectivity index (χ2v) is 6.90. The van der Waals surface area contributed by atoms with Crippen LogP contribution in [0.15, 0.2) is 12.3 Å². The Morgan fingerprint density at radius 1 is 1.56 bits per heavy atom. The average molecular weight is 272 g/mol. The zero-order chi connectivity index (χ0) is 13.3. The predicted molar refractivity (Wildman–Crippen MR) is 69.7 cm³/mol. The van der Waals surface area contributed by atoms with Gasteiger partial charge < -0.3 is 0 Å². The minimum absolute atomic E-state index is 0.0564. The predicted octanol–water partition coefficient (Wildman–Crippen LogP) is 0.197. The zero-order valence-corrected chi connectivity index (χ0v) is 11.8. The molecule has 0 radical (unpaired) electrons. The van der Waals surface area contributed by atoms with Crippen molar-refractivity contribution in [3.05, 3.63) is 18.0 Å². The van der Waals surface area contributed by atoms with Gasteiger partial charge in [0, 0.05) is 31.9 Å². The first-order valence-corrected chi connectivity index (χ1v) is 7.97. The highest BCUT2D eigenvalue weighted by molar-refractivity contribution is 7.88. The van der Waals surface area contributed by atoms with Crippen LogP contribution in [0.5, 0.6) is 0 Å². The van der Waals surface area contributed by atoms with E-state index in [4.69, 9.17) is 0 Å². The molecule has 0 spiro atoms. The van der Waals surface area contributed by atoms with Crippen LogP contribution in [0.2, 0.25) is 0 Å². The molecule has 0 bridgehead atoms. The third-order valence-corrected chi connectivity index (χ3v) is 3.91. The van der Waals surface area contributed by atoms with Gasteiger partial charge in [0.1, 0.15) is 0 Å². The van der Waals surface area contributed by atoms with Gasteiger partial charge in [-0.15, -0.1) is 0 Å². The lowest BCUT2D eigenvalue weighted by molar-refractivity contribution is 0.140. The summed E-state index contributed by atoms with van der Waals surface area (Å²) >= 11 is 0. The molecule has 18 heavy (non-hydrogen) atoms. The zero-order valence-electron chi connectivity index (χ0n) is 11.0. The van der Waals surface area contributed by atoms with Crippen LogP contribution in [0.1, 0.15) is 25.6 Å².